The fourth-order valence-electron chi connectivity index (χ4n) is 6.00. The van der Waals surface area contributed by atoms with E-state index in [-0.39, 0.29) is 30.1 Å². The Hall–Kier alpha value is -4.18. The van der Waals surface area contributed by atoms with Gasteiger partial charge in [-0.05, 0) is 71.8 Å². The molecule has 0 N–H and O–H groups in total. The smallest absolute Gasteiger partial charge is 0.203 e. The first-order valence-electron chi connectivity index (χ1n) is 14.8. The van der Waals surface area contributed by atoms with Gasteiger partial charge >= 0.3 is 0 Å². The van der Waals surface area contributed by atoms with Crippen molar-refractivity contribution in [1.82, 2.24) is 0 Å². The van der Waals surface area contributed by atoms with Crippen LogP contribution >= 0.6 is 0 Å². The van der Waals surface area contributed by atoms with Crippen LogP contribution in [0.15, 0.2) is 36.4 Å². The van der Waals surface area contributed by atoms with E-state index in [9.17, 15) is 0 Å². The minimum absolute atomic E-state index is 0.175. The number of ether oxygens (including phenoxy) is 10. The average molecular weight is 627 g/mol. The molecule has 1 aliphatic rings. The summed E-state index contributed by atoms with van der Waals surface area (Å²) >= 11 is 0. The van der Waals surface area contributed by atoms with Gasteiger partial charge in [0.25, 0.3) is 0 Å². The van der Waals surface area contributed by atoms with Gasteiger partial charge in [-0.1, -0.05) is 13.8 Å². The molecule has 0 aromatic heterocycles. The van der Waals surface area contributed by atoms with Crippen molar-refractivity contribution < 1.29 is 47.4 Å². The monoisotopic (exact) mass is 626 g/mol. The van der Waals surface area contributed by atoms with Crippen molar-refractivity contribution in [1.29, 1.82) is 0 Å². The normalized spacial score (nSPS) is 19.8. The van der Waals surface area contributed by atoms with Gasteiger partial charge in [-0.25, -0.2) is 0 Å². The van der Waals surface area contributed by atoms with Crippen molar-refractivity contribution in [2.24, 2.45) is 11.8 Å². The van der Waals surface area contributed by atoms with Crippen molar-refractivity contribution in [3.8, 4) is 51.7 Å². The van der Waals surface area contributed by atoms with Crippen LogP contribution in [0.1, 0.15) is 49.7 Å². The van der Waals surface area contributed by atoms with Gasteiger partial charge in [-0.3, -0.25) is 0 Å². The lowest BCUT2D eigenvalue weighted by Crippen LogP contribution is -2.17. The first-order valence-corrected chi connectivity index (χ1v) is 14.8. The SMILES string of the molecule is COc1cc(C[C@@H](C)Oc2c(OC)cc([C@H]3O[C@@H](c4cc(OC)c(OC)c(OC)c4)[C@@H](C)[C@H]3C)cc2OC)cc(OC)c1OC. The van der Waals surface area contributed by atoms with Crippen LogP contribution in [0.3, 0.4) is 0 Å². The zero-order valence-electron chi connectivity index (χ0n) is 28.1. The molecule has 10 nitrogen and oxygen atoms in total. The Labute approximate surface area is 266 Å². The minimum atomic E-state index is -0.243. The Morgan fingerprint density at radius 2 is 0.844 bits per heavy atom. The molecule has 0 saturated carbocycles. The van der Waals surface area contributed by atoms with Crippen LogP contribution in [0.2, 0.25) is 0 Å². The largest absolute Gasteiger partial charge is 0.493 e. The predicted molar refractivity (Wildman–Crippen MR) is 170 cm³/mol. The summed E-state index contributed by atoms with van der Waals surface area (Å²) in [5.41, 5.74) is 2.85. The molecule has 0 amide bonds. The highest BCUT2D eigenvalue weighted by Gasteiger charge is 2.42. The summed E-state index contributed by atoms with van der Waals surface area (Å²) in [5, 5.41) is 0. The molecule has 4 rings (SSSR count). The quantitative estimate of drug-likeness (QED) is 0.189. The van der Waals surface area contributed by atoms with E-state index in [1.165, 1.54) is 0 Å². The molecule has 5 atom stereocenters. The molecule has 1 saturated heterocycles. The summed E-state index contributed by atoms with van der Waals surface area (Å²) in [6.07, 6.45) is -0.100. The van der Waals surface area contributed by atoms with E-state index in [1.54, 1.807) is 56.9 Å². The summed E-state index contributed by atoms with van der Waals surface area (Å²) in [5.74, 6) is 5.42. The van der Waals surface area contributed by atoms with Crippen molar-refractivity contribution in [2.45, 2.75) is 45.5 Å². The van der Waals surface area contributed by atoms with E-state index in [2.05, 4.69) is 13.8 Å². The third-order valence-corrected chi connectivity index (χ3v) is 8.47. The highest BCUT2D eigenvalue weighted by atomic mass is 16.6. The zero-order chi connectivity index (χ0) is 32.8. The molecule has 1 aliphatic heterocycles. The van der Waals surface area contributed by atoms with Crippen molar-refractivity contribution in [3.05, 3.63) is 53.1 Å². The Morgan fingerprint density at radius 1 is 0.511 bits per heavy atom. The molecule has 246 valence electrons. The van der Waals surface area contributed by atoms with E-state index < -0.39 is 0 Å². The zero-order valence-corrected chi connectivity index (χ0v) is 28.1. The Morgan fingerprint density at radius 3 is 1.18 bits per heavy atom. The maximum absolute atomic E-state index is 6.75. The highest BCUT2D eigenvalue weighted by molar-refractivity contribution is 5.57. The Kier molecular flexibility index (Phi) is 11.0. The molecule has 0 bridgehead atoms. The molecule has 3 aromatic rings. The number of hydrogen-bond donors (Lipinski definition) is 0. The average Bonchev–Trinajstić information content (AvgIpc) is 3.36. The van der Waals surface area contributed by atoms with Gasteiger partial charge in [0.2, 0.25) is 17.2 Å². The van der Waals surface area contributed by atoms with E-state index >= 15 is 0 Å². The van der Waals surface area contributed by atoms with Crippen LogP contribution in [-0.2, 0) is 11.2 Å². The topological polar surface area (TPSA) is 92.3 Å². The third kappa shape index (κ3) is 6.76. The van der Waals surface area contributed by atoms with E-state index in [0.29, 0.717) is 58.2 Å². The molecule has 1 fully saturated rings. The van der Waals surface area contributed by atoms with Crippen molar-refractivity contribution in [2.75, 3.05) is 56.9 Å². The number of rotatable bonds is 14. The van der Waals surface area contributed by atoms with Gasteiger partial charge in [-0.2, -0.15) is 0 Å². The van der Waals surface area contributed by atoms with Gasteiger partial charge in [0.15, 0.2) is 34.5 Å². The standard InChI is InChI=1S/C35H46O10/c1-19(12-22-13-25(36-4)33(42-10)26(14-22)37-5)44-35-29(40-8)17-24(18-30(35)41-9)32-21(3)20(2)31(45-32)23-15-27(38-6)34(43-11)28(16-23)39-7/h13-21,31-32H,12H2,1-11H3/t19-,20+,21-,31-,32+/m1/s1. The van der Waals surface area contributed by atoms with Crippen molar-refractivity contribution in [3.63, 3.8) is 0 Å². The first kappa shape index (κ1) is 33.7. The second-order valence-corrected chi connectivity index (χ2v) is 11.1. The van der Waals surface area contributed by atoms with Crippen LogP contribution in [0.5, 0.6) is 51.7 Å². The fraction of sp³-hybridized carbons (Fsp3) is 0.486. The Balaban J connectivity index is 1.61. The molecule has 45 heavy (non-hydrogen) atoms. The molecule has 0 aliphatic carbocycles. The lowest BCUT2D eigenvalue weighted by molar-refractivity contribution is 0.0285. The first-order chi connectivity index (χ1) is 21.7. The van der Waals surface area contributed by atoms with Gasteiger partial charge in [0.05, 0.1) is 69.1 Å². The lowest BCUT2D eigenvalue weighted by Gasteiger charge is -2.23. The minimum Gasteiger partial charge on any atom is -0.493 e. The number of hydrogen-bond acceptors (Lipinski definition) is 10. The second-order valence-electron chi connectivity index (χ2n) is 11.1. The van der Waals surface area contributed by atoms with E-state index in [1.807, 2.05) is 43.3 Å². The number of benzene rings is 3. The summed E-state index contributed by atoms with van der Waals surface area (Å²) < 4.78 is 58.1. The van der Waals surface area contributed by atoms with Crippen LogP contribution in [-0.4, -0.2) is 63.0 Å². The molecule has 0 unspecified atom stereocenters. The maximum atomic E-state index is 6.75. The molecular weight excluding hydrogens is 580 g/mol. The molecule has 3 aromatic carbocycles. The van der Waals surface area contributed by atoms with Crippen LogP contribution in [0, 0.1) is 11.8 Å². The lowest BCUT2D eigenvalue weighted by atomic mass is 9.85. The highest BCUT2D eigenvalue weighted by Crippen LogP contribution is 2.53. The van der Waals surface area contributed by atoms with E-state index in [4.69, 9.17) is 47.4 Å². The second kappa shape index (κ2) is 14.7. The molecule has 1 heterocycles. The van der Waals surface area contributed by atoms with Gasteiger partial charge in [0, 0.05) is 6.42 Å². The van der Waals surface area contributed by atoms with Crippen LogP contribution in [0.4, 0.5) is 0 Å². The summed E-state index contributed by atoms with van der Waals surface area (Å²) in [4.78, 5) is 0. The van der Waals surface area contributed by atoms with E-state index in [0.717, 1.165) is 16.7 Å². The molecule has 0 spiro atoms. The Bertz CT molecular complexity index is 1380. The molecule has 10 heteroatoms. The molecule has 0 radical (unpaired) electrons. The maximum Gasteiger partial charge on any atom is 0.203 e. The van der Waals surface area contributed by atoms with Crippen LogP contribution in [0.25, 0.3) is 0 Å². The molecular formula is C35H46O10. The van der Waals surface area contributed by atoms with Gasteiger partial charge in [-0.15, -0.1) is 0 Å². The van der Waals surface area contributed by atoms with Crippen molar-refractivity contribution >= 4 is 0 Å². The number of methoxy groups -OCH3 is 8. The van der Waals surface area contributed by atoms with Crippen LogP contribution < -0.4 is 42.6 Å². The predicted octanol–water partition coefficient (Wildman–Crippen LogP) is 6.85. The van der Waals surface area contributed by atoms with Gasteiger partial charge in [0.1, 0.15) is 6.10 Å². The van der Waals surface area contributed by atoms with Gasteiger partial charge < -0.3 is 47.4 Å². The summed E-state index contributed by atoms with van der Waals surface area (Å²) in [7, 11) is 12.8. The fourth-order valence-corrected chi connectivity index (χ4v) is 6.00. The summed E-state index contributed by atoms with van der Waals surface area (Å²) in [6, 6.07) is 11.7. The summed E-state index contributed by atoms with van der Waals surface area (Å²) in [6.45, 7) is 6.37. The third-order valence-electron chi connectivity index (χ3n) is 8.47.